The lowest BCUT2D eigenvalue weighted by Crippen LogP contribution is -2.03. The molecule has 0 radical (unpaired) electrons. The third-order valence-corrected chi connectivity index (χ3v) is 3.47. The molecule has 106 valence electrons. The van der Waals surface area contributed by atoms with Crippen molar-refractivity contribution in [2.75, 3.05) is 5.32 Å². The second-order valence-corrected chi connectivity index (χ2v) is 5.53. The van der Waals surface area contributed by atoms with E-state index in [-0.39, 0.29) is 0 Å². The van der Waals surface area contributed by atoms with Gasteiger partial charge in [0.25, 0.3) is 0 Å². The molecule has 6 heteroatoms. The van der Waals surface area contributed by atoms with Gasteiger partial charge < -0.3 is 5.32 Å². The van der Waals surface area contributed by atoms with E-state index in [1.807, 2.05) is 24.3 Å². The Bertz CT molecular complexity index is 694. The second-order valence-electron chi connectivity index (χ2n) is 4.61. The van der Waals surface area contributed by atoms with E-state index in [1.165, 1.54) is 5.56 Å². The van der Waals surface area contributed by atoms with Gasteiger partial charge in [-0.25, -0.2) is 9.67 Å². The van der Waals surface area contributed by atoms with Crippen molar-refractivity contribution >= 4 is 21.6 Å². The van der Waals surface area contributed by atoms with Crippen molar-refractivity contribution < 1.29 is 0 Å². The highest BCUT2D eigenvalue weighted by Gasteiger charge is 1.99. The van der Waals surface area contributed by atoms with Crippen LogP contribution >= 0.6 is 15.9 Å². The zero-order chi connectivity index (χ0) is 14.5. The van der Waals surface area contributed by atoms with Crippen LogP contribution in [-0.4, -0.2) is 19.7 Å². The molecular formula is C15H14BrN5. The van der Waals surface area contributed by atoms with Crippen molar-refractivity contribution in [3.63, 3.8) is 0 Å². The molecule has 0 saturated carbocycles. The lowest BCUT2D eigenvalue weighted by molar-refractivity contribution is 0.685. The molecule has 0 spiro atoms. The molecule has 2 heterocycles. The molecule has 3 rings (SSSR count). The number of pyridine rings is 1. The molecule has 0 atom stereocenters. The summed E-state index contributed by atoms with van der Waals surface area (Å²) in [7, 11) is 0. The molecule has 0 aliphatic heterocycles. The average Bonchev–Trinajstić information content (AvgIpc) is 3.00. The van der Waals surface area contributed by atoms with Crippen LogP contribution in [0.5, 0.6) is 0 Å². The number of nitrogens with one attached hydrogen (secondary N) is 1. The van der Waals surface area contributed by atoms with Crippen LogP contribution in [0.15, 0.2) is 59.7 Å². The van der Waals surface area contributed by atoms with Crippen LogP contribution in [0.2, 0.25) is 0 Å². The van der Waals surface area contributed by atoms with Crippen LogP contribution in [-0.2, 0) is 13.1 Å². The van der Waals surface area contributed by atoms with Crippen LogP contribution in [0.1, 0.15) is 11.3 Å². The Hall–Kier alpha value is -2.21. The predicted octanol–water partition coefficient (Wildman–Crippen LogP) is 3.10. The number of halogens is 1. The van der Waals surface area contributed by atoms with E-state index in [1.54, 1.807) is 23.5 Å². The van der Waals surface area contributed by atoms with Gasteiger partial charge in [-0.2, -0.15) is 5.10 Å². The lowest BCUT2D eigenvalue weighted by atomic mass is 10.2. The van der Waals surface area contributed by atoms with Gasteiger partial charge in [0.15, 0.2) is 0 Å². The summed E-state index contributed by atoms with van der Waals surface area (Å²) in [5, 5.41) is 7.49. The maximum absolute atomic E-state index is 4.34. The van der Waals surface area contributed by atoms with Crippen molar-refractivity contribution in [2.45, 2.75) is 13.1 Å². The van der Waals surface area contributed by atoms with Gasteiger partial charge in [-0.15, -0.1) is 0 Å². The summed E-state index contributed by atoms with van der Waals surface area (Å²) in [6.45, 7) is 1.41. The van der Waals surface area contributed by atoms with Crippen LogP contribution in [0.25, 0.3) is 0 Å². The molecule has 5 nitrogen and oxygen atoms in total. The summed E-state index contributed by atoms with van der Waals surface area (Å²) in [4.78, 5) is 8.29. The number of hydrogen-bond acceptors (Lipinski definition) is 4. The van der Waals surface area contributed by atoms with Crippen LogP contribution in [0, 0.1) is 0 Å². The van der Waals surface area contributed by atoms with Gasteiger partial charge in [0, 0.05) is 16.4 Å². The maximum Gasteiger partial charge on any atom is 0.137 e. The van der Waals surface area contributed by atoms with E-state index < -0.39 is 0 Å². The molecule has 3 aromatic rings. The van der Waals surface area contributed by atoms with Gasteiger partial charge >= 0.3 is 0 Å². The molecule has 0 aliphatic carbocycles. The Morgan fingerprint density at radius 2 is 2.14 bits per heavy atom. The quantitative estimate of drug-likeness (QED) is 0.773. The van der Waals surface area contributed by atoms with E-state index in [0.29, 0.717) is 13.1 Å². The summed E-state index contributed by atoms with van der Waals surface area (Å²) in [6.07, 6.45) is 5.06. The number of anilines is 1. The second kappa shape index (κ2) is 6.49. The third-order valence-electron chi connectivity index (χ3n) is 3.00. The zero-order valence-corrected chi connectivity index (χ0v) is 12.9. The Labute approximate surface area is 131 Å². The molecule has 0 amide bonds. The SMILES string of the molecule is Brc1ccc(CNc2cccc(Cn3cncn3)c2)nc1. The van der Waals surface area contributed by atoms with Crippen molar-refractivity contribution in [3.8, 4) is 0 Å². The highest BCUT2D eigenvalue weighted by molar-refractivity contribution is 9.10. The lowest BCUT2D eigenvalue weighted by Gasteiger charge is -2.08. The molecule has 21 heavy (non-hydrogen) atoms. The number of rotatable bonds is 5. The fraction of sp³-hybridized carbons (Fsp3) is 0.133. The van der Waals surface area contributed by atoms with Crippen molar-refractivity contribution in [2.24, 2.45) is 0 Å². The first-order valence-corrected chi connectivity index (χ1v) is 7.34. The largest absolute Gasteiger partial charge is 0.379 e. The average molecular weight is 344 g/mol. The molecule has 1 N–H and O–H groups in total. The number of hydrogen-bond donors (Lipinski definition) is 1. The minimum Gasteiger partial charge on any atom is -0.379 e. The van der Waals surface area contributed by atoms with E-state index in [4.69, 9.17) is 0 Å². The van der Waals surface area contributed by atoms with Gasteiger partial charge in [-0.3, -0.25) is 4.98 Å². The molecule has 2 aromatic heterocycles. The van der Waals surface area contributed by atoms with Gasteiger partial charge in [0.1, 0.15) is 12.7 Å². The van der Waals surface area contributed by atoms with E-state index >= 15 is 0 Å². The molecule has 0 fully saturated rings. The van der Waals surface area contributed by atoms with Gasteiger partial charge in [-0.05, 0) is 45.8 Å². The predicted molar refractivity (Wildman–Crippen MR) is 84.8 cm³/mol. The van der Waals surface area contributed by atoms with Gasteiger partial charge in [-0.1, -0.05) is 12.1 Å². The monoisotopic (exact) mass is 343 g/mol. The highest BCUT2D eigenvalue weighted by atomic mass is 79.9. The maximum atomic E-state index is 4.34. The van der Waals surface area contributed by atoms with Crippen LogP contribution in [0.4, 0.5) is 5.69 Å². The summed E-state index contributed by atoms with van der Waals surface area (Å²) < 4.78 is 2.79. The summed E-state index contributed by atoms with van der Waals surface area (Å²) in [5.74, 6) is 0. The van der Waals surface area contributed by atoms with Crippen molar-refractivity contribution in [1.29, 1.82) is 0 Å². The first kappa shape index (κ1) is 13.8. The third kappa shape index (κ3) is 3.88. The molecule has 1 aromatic carbocycles. The normalized spacial score (nSPS) is 10.5. The Balaban J connectivity index is 1.64. The summed E-state index contributed by atoms with van der Waals surface area (Å²) in [5.41, 5.74) is 3.24. The van der Waals surface area contributed by atoms with Crippen LogP contribution < -0.4 is 5.32 Å². The van der Waals surface area contributed by atoms with E-state index in [0.717, 1.165) is 15.9 Å². The fourth-order valence-corrected chi connectivity index (χ4v) is 2.22. The standard InChI is InChI=1S/C15H14BrN5/c16-13-4-5-15(18-7-13)8-19-14-3-1-2-12(6-14)9-21-11-17-10-20-21/h1-7,10-11,19H,8-9H2. The first-order valence-electron chi connectivity index (χ1n) is 6.55. The minimum atomic E-state index is 0.695. The Morgan fingerprint density at radius 3 is 2.90 bits per heavy atom. The van der Waals surface area contributed by atoms with Gasteiger partial charge in [0.2, 0.25) is 0 Å². The Kier molecular flexibility index (Phi) is 4.25. The van der Waals surface area contributed by atoms with Crippen molar-refractivity contribution in [3.05, 3.63) is 71.0 Å². The topological polar surface area (TPSA) is 55.6 Å². The van der Waals surface area contributed by atoms with E-state index in [9.17, 15) is 0 Å². The number of benzene rings is 1. The molecule has 0 saturated heterocycles. The van der Waals surface area contributed by atoms with Crippen LogP contribution in [0.3, 0.4) is 0 Å². The smallest absolute Gasteiger partial charge is 0.137 e. The van der Waals surface area contributed by atoms with E-state index in [2.05, 4.69) is 48.4 Å². The molecule has 0 aliphatic rings. The fourth-order valence-electron chi connectivity index (χ4n) is 1.98. The number of aromatic nitrogens is 4. The first-order chi connectivity index (χ1) is 10.3. The highest BCUT2D eigenvalue weighted by Crippen LogP contribution is 2.13. The Morgan fingerprint density at radius 1 is 1.19 bits per heavy atom. The van der Waals surface area contributed by atoms with Gasteiger partial charge in [0.05, 0.1) is 18.8 Å². The minimum absolute atomic E-state index is 0.695. The number of nitrogens with zero attached hydrogens (tertiary/aromatic N) is 4. The molecular weight excluding hydrogens is 330 g/mol. The summed E-state index contributed by atoms with van der Waals surface area (Å²) >= 11 is 3.38. The van der Waals surface area contributed by atoms with Crippen molar-refractivity contribution in [1.82, 2.24) is 19.7 Å². The zero-order valence-electron chi connectivity index (χ0n) is 11.3. The summed E-state index contributed by atoms with van der Waals surface area (Å²) in [6, 6.07) is 12.3. The molecule has 0 unspecified atom stereocenters. The molecule has 0 bridgehead atoms.